The number of benzene rings is 4. The summed E-state index contributed by atoms with van der Waals surface area (Å²) in [5.41, 5.74) is 0. The van der Waals surface area contributed by atoms with Crippen molar-refractivity contribution in [3.63, 3.8) is 0 Å². The molecule has 0 atom stereocenters. The number of hydrogen-bond donors (Lipinski definition) is 0. The van der Waals surface area contributed by atoms with Crippen LogP contribution in [0.5, 0.6) is 0 Å². The van der Waals surface area contributed by atoms with Gasteiger partial charge in [0.2, 0.25) is 0 Å². The Hall–Kier alpha value is -2.84. The Kier molecular flexibility index (Phi) is 16.0. The van der Waals surface area contributed by atoms with E-state index in [1.165, 1.54) is 97.1 Å². The third kappa shape index (κ3) is 16.3. The van der Waals surface area contributed by atoms with Gasteiger partial charge in [-0.3, -0.25) is 0 Å². The molecule has 0 aliphatic heterocycles. The van der Waals surface area contributed by atoms with Crippen LogP contribution in [0.25, 0.3) is 0 Å². The molecule has 0 saturated carbocycles. The van der Waals surface area contributed by atoms with E-state index in [2.05, 4.69) is 0 Å². The zero-order valence-corrected chi connectivity index (χ0v) is 26.2. The van der Waals surface area contributed by atoms with Crippen molar-refractivity contribution in [2.24, 2.45) is 0 Å². The summed E-state index contributed by atoms with van der Waals surface area (Å²) in [6.07, 6.45) is 0. The molecule has 4 aromatic carbocycles. The SMILES string of the molecule is O=S(=O)([O-])c1ccccc1.O=S(=O)([O-])c1ccccc1.O=S(=O)([O-])c1ccccc1.O=S(=O)([O-])c1ccccc1.[Os+4]. The van der Waals surface area contributed by atoms with Crippen LogP contribution < -0.4 is 0 Å². The average molecular weight is 819 g/mol. The molecule has 0 fully saturated rings. The minimum atomic E-state index is -4.25. The van der Waals surface area contributed by atoms with Crippen molar-refractivity contribution in [1.29, 1.82) is 0 Å². The molecule has 0 amide bonds. The van der Waals surface area contributed by atoms with Crippen LogP contribution in [-0.2, 0) is 60.3 Å². The van der Waals surface area contributed by atoms with Gasteiger partial charge in [0, 0.05) is 0 Å². The fourth-order valence-corrected chi connectivity index (χ4v) is 4.31. The topological polar surface area (TPSA) is 229 Å². The van der Waals surface area contributed by atoms with E-state index in [1.807, 2.05) is 0 Å². The van der Waals surface area contributed by atoms with Crippen molar-refractivity contribution in [1.82, 2.24) is 0 Å². The number of rotatable bonds is 4. The third-order valence-corrected chi connectivity index (χ3v) is 7.53. The van der Waals surface area contributed by atoms with E-state index in [9.17, 15) is 51.9 Å². The fourth-order valence-electron chi connectivity index (χ4n) is 2.35. The zero-order valence-electron chi connectivity index (χ0n) is 20.4. The summed E-state index contributed by atoms with van der Waals surface area (Å²) < 4.78 is 123. The van der Waals surface area contributed by atoms with Crippen LogP contribution in [0.15, 0.2) is 141 Å². The first-order valence-electron chi connectivity index (χ1n) is 10.5. The van der Waals surface area contributed by atoms with Crippen molar-refractivity contribution >= 4 is 40.5 Å². The van der Waals surface area contributed by atoms with Crippen LogP contribution in [0.3, 0.4) is 0 Å². The predicted molar refractivity (Wildman–Crippen MR) is 138 cm³/mol. The largest absolute Gasteiger partial charge is 4.00 e. The molecule has 0 spiro atoms. The van der Waals surface area contributed by atoms with Gasteiger partial charge in [-0.2, -0.15) is 0 Å². The minimum absolute atomic E-state index is 0. The maximum Gasteiger partial charge on any atom is 4.00 e. The van der Waals surface area contributed by atoms with Gasteiger partial charge in [-0.15, -0.1) is 0 Å². The van der Waals surface area contributed by atoms with Gasteiger partial charge in [0.25, 0.3) is 0 Å². The molecule has 0 radical (unpaired) electrons. The van der Waals surface area contributed by atoms with E-state index in [0.717, 1.165) is 0 Å². The Morgan fingerprint density at radius 1 is 0.293 bits per heavy atom. The van der Waals surface area contributed by atoms with Gasteiger partial charge in [-0.05, 0) is 48.5 Å². The monoisotopic (exact) mass is 820 g/mol. The Morgan fingerprint density at radius 3 is 0.488 bits per heavy atom. The summed E-state index contributed by atoms with van der Waals surface area (Å²) in [7, 11) is -17.0. The van der Waals surface area contributed by atoms with Crippen molar-refractivity contribution in [2.75, 3.05) is 0 Å². The molecular weight excluding hydrogens is 799 g/mol. The molecule has 17 heteroatoms. The second-order valence-electron chi connectivity index (χ2n) is 7.07. The first kappa shape index (κ1) is 38.2. The molecule has 41 heavy (non-hydrogen) atoms. The Morgan fingerprint density at radius 2 is 0.415 bits per heavy atom. The Bertz CT molecular complexity index is 1480. The Balaban J connectivity index is 0.000000516. The van der Waals surface area contributed by atoms with Gasteiger partial charge in [0.1, 0.15) is 40.5 Å². The van der Waals surface area contributed by atoms with Gasteiger partial charge in [0.15, 0.2) is 0 Å². The smallest absolute Gasteiger partial charge is 0.744 e. The van der Waals surface area contributed by atoms with Crippen LogP contribution >= 0.6 is 0 Å². The average Bonchev–Trinajstić information content (AvgIpc) is 2.90. The molecule has 4 aromatic rings. The molecule has 0 heterocycles. The second-order valence-corrected chi connectivity index (χ2v) is 12.6. The molecule has 0 aliphatic carbocycles. The maximum atomic E-state index is 10.3. The first-order valence-corrected chi connectivity index (χ1v) is 16.1. The summed E-state index contributed by atoms with van der Waals surface area (Å²) in [5, 5.41) is 0. The van der Waals surface area contributed by atoms with Crippen molar-refractivity contribution in [3.05, 3.63) is 121 Å². The van der Waals surface area contributed by atoms with Gasteiger partial charge in [-0.1, -0.05) is 72.8 Å². The normalized spacial score (nSPS) is 11.0. The van der Waals surface area contributed by atoms with Gasteiger partial charge in [0.05, 0.1) is 19.6 Å². The van der Waals surface area contributed by atoms with Crippen molar-refractivity contribution in [3.8, 4) is 0 Å². The molecule has 220 valence electrons. The summed E-state index contributed by atoms with van der Waals surface area (Å²) in [6.45, 7) is 0. The first-order chi connectivity index (χ1) is 18.4. The fraction of sp³-hybridized carbons (Fsp3) is 0. The van der Waals surface area contributed by atoms with Crippen LogP contribution in [0, 0.1) is 0 Å². The zero-order chi connectivity index (χ0) is 30.5. The predicted octanol–water partition coefficient (Wildman–Crippen LogP) is 2.36. The van der Waals surface area contributed by atoms with Crippen LogP contribution in [-0.4, -0.2) is 51.9 Å². The Labute approximate surface area is 251 Å². The van der Waals surface area contributed by atoms with Crippen LogP contribution in [0.4, 0.5) is 0 Å². The van der Waals surface area contributed by atoms with Crippen molar-refractivity contribution < 1.29 is 71.7 Å². The molecule has 0 saturated heterocycles. The van der Waals surface area contributed by atoms with Gasteiger partial charge in [-0.25, -0.2) is 33.7 Å². The van der Waals surface area contributed by atoms with Crippen LogP contribution in [0.2, 0.25) is 0 Å². The van der Waals surface area contributed by atoms with E-state index >= 15 is 0 Å². The van der Waals surface area contributed by atoms with E-state index in [-0.39, 0.29) is 39.4 Å². The second kappa shape index (κ2) is 17.2. The van der Waals surface area contributed by atoms with E-state index in [4.69, 9.17) is 0 Å². The quantitative estimate of drug-likeness (QED) is 0.271. The van der Waals surface area contributed by atoms with E-state index < -0.39 is 40.5 Å². The summed E-state index contributed by atoms with van der Waals surface area (Å²) >= 11 is 0. The molecule has 4 rings (SSSR count). The van der Waals surface area contributed by atoms with Crippen LogP contribution in [0.1, 0.15) is 0 Å². The van der Waals surface area contributed by atoms with Gasteiger partial charge < -0.3 is 18.2 Å². The molecule has 0 aromatic heterocycles. The summed E-state index contributed by atoms with van der Waals surface area (Å²) in [5.74, 6) is 0. The summed E-state index contributed by atoms with van der Waals surface area (Å²) in [6, 6.07) is 28.8. The van der Waals surface area contributed by atoms with Crippen molar-refractivity contribution in [2.45, 2.75) is 19.6 Å². The molecular formula is C24H20O12OsS4. The van der Waals surface area contributed by atoms with E-state index in [0.29, 0.717) is 0 Å². The standard InChI is InChI=1S/4C6H6O3S.Os/c4*7-10(8,9)6-4-2-1-3-5-6;/h4*1-5H,(H,7,8,9);/q;;;;+4/p-4. The minimum Gasteiger partial charge on any atom is -0.744 e. The summed E-state index contributed by atoms with van der Waals surface area (Å²) in [4.78, 5) is -0.741. The molecule has 0 N–H and O–H groups in total. The number of hydrogen-bond acceptors (Lipinski definition) is 12. The van der Waals surface area contributed by atoms with Gasteiger partial charge >= 0.3 is 19.8 Å². The molecule has 0 bridgehead atoms. The maximum absolute atomic E-state index is 10.3. The molecule has 0 unspecified atom stereocenters. The molecule has 12 nitrogen and oxygen atoms in total. The third-order valence-electron chi connectivity index (χ3n) is 4.13. The van der Waals surface area contributed by atoms with E-state index in [1.54, 1.807) is 24.3 Å². The molecule has 0 aliphatic rings.